The highest BCUT2D eigenvalue weighted by Gasteiger charge is 2.67. The Labute approximate surface area is 180 Å². The van der Waals surface area contributed by atoms with E-state index in [2.05, 4.69) is 21.8 Å². The molecule has 1 aromatic heterocycles. The summed E-state index contributed by atoms with van der Waals surface area (Å²) < 4.78 is 2.06. The summed E-state index contributed by atoms with van der Waals surface area (Å²) in [6.07, 6.45) is 7.15. The number of aromatic nitrogens is 1. The summed E-state index contributed by atoms with van der Waals surface area (Å²) in [6, 6.07) is 9.68. The quantitative estimate of drug-likeness (QED) is 0.426. The standard InChI is InChI=1S/C24H22ClN3O2/c1-12-9-14(13(2)27(12)20-6-4-3-5-19(20)25)11-26-28-23(29)21-15-7-8-16(18-10-17(15)18)22(21)24(28)30/h3-9,11,15-18,21-22H,10H2,1-2H3/b26-11-/t15-,16-,17-,18+,21-,22+/m0/s1. The summed E-state index contributed by atoms with van der Waals surface area (Å²) in [5.41, 5.74) is 3.74. The maximum atomic E-state index is 13.1. The second-order valence-electron chi connectivity index (χ2n) is 9.00. The number of aryl methyl sites for hydroxylation is 1. The molecule has 2 heterocycles. The van der Waals surface area contributed by atoms with Gasteiger partial charge in [0.1, 0.15) is 0 Å². The number of amides is 2. The van der Waals surface area contributed by atoms with Gasteiger partial charge in [0.25, 0.3) is 11.8 Å². The Morgan fingerprint density at radius 3 is 2.30 bits per heavy atom. The van der Waals surface area contributed by atoms with Gasteiger partial charge < -0.3 is 4.57 Å². The summed E-state index contributed by atoms with van der Waals surface area (Å²) in [5, 5.41) is 6.18. The third kappa shape index (κ3) is 2.33. The van der Waals surface area contributed by atoms with Crippen molar-refractivity contribution in [2.75, 3.05) is 0 Å². The van der Waals surface area contributed by atoms with Gasteiger partial charge in [-0.2, -0.15) is 10.1 Å². The van der Waals surface area contributed by atoms with Gasteiger partial charge >= 0.3 is 0 Å². The summed E-state index contributed by atoms with van der Waals surface area (Å²) in [7, 11) is 0. The highest BCUT2D eigenvalue weighted by atomic mass is 35.5. The molecule has 7 rings (SSSR count). The summed E-state index contributed by atoms with van der Waals surface area (Å²) in [6.45, 7) is 3.99. The van der Waals surface area contributed by atoms with E-state index >= 15 is 0 Å². The number of halogens is 1. The van der Waals surface area contributed by atoms with E-state index < -0.39 is 0 Å². The van der Waals surface area contributed by atoms with Gasteiger partial charge in [0.2, 0.25) is 0 Å². The molecule has 5 aliphatic rings. The number of benzene rings is 1. The van der Waals surface area contributed by atoms with Crippen LogP contribution in [0.4, 0.5) is 0 Å². The normalized spacial score (nSPS) is 33.5. The van der Waals surface area contributed by atoms with E-state index in [1.807, 2.05) is 44.2 Å². The van der Waals surface area contributed by atoms with Crippen molar-refractivity contribution >= 4 is 29.6 Å². The minimum Gasteiger partial charge on any atom is -0.316 e. The molecule has 3 fully saturated rings. The highest BCUT2D eigenvalue weighted by molar-refractivity contribution is 6.32. The van der Waals surface area contributed by atoms with Gasteiger partial charge in [-0.15, -0.1) is 0 Å². The number of hydrazone groups is 1. The number of rotatable bonds is 3. The van der Waals surface area contributed by atoms with E-state index in [4.69, 9.17) is 11.6 Å². The van der Waals surface area contributed by atoms with Gasteiger partial charge in [-0.25, -0.2) is 0 Å². The van der Waals surface area contributed by atoms with Gasteiger partial charge in [-0.3, -0.25) is 9.59 Å². The number of para-hydroxylation sites is 1. The lowest BCUT2D eigenvalue weighted by atomic mass is 9.63. The molecule has 1 aliphatic heterocycles. The molecule has 4 aliphatic carbocycles. The zero-order chi connectivity index (χ0) is 20.7. The molecule has 6 heteroatoms. The van der Waals surface area contributed by atoms with Crippen molar-refractivity contribution < 1.29 is 9.59 Å². The minimum absolute atomic E-state index is 0.133. The van der Waals surface area contributed by atoms with Crippen LogP contribution in [0.25, 0.3) is 5.69 Å². The van der Waals surface area contributed by atoms with Crippen LogP contribution in [0, 0.1) is 49.4 Å². The number of hydrogen-bond donors (Lipinski definition) is 0. The van der Waals surface area contributed by atoms with E-state index in [1.165, 1.54) is 0 Å². The van der Waals surface area contributed by atoms with Gasteiger partial charge in [0, 0.05) is 17.0 Å². The van der Waals surface area contributed by atoms with Crippen LogP contribution in [0.1, 0.15) is 23.4 Å². The maximum Gasteiger partial charge on any atom is 0.254 e. The first-order chi connectivity index (χ1) is 14.5. The first-order valence-corrected chi connectivity index (χ1v) is 10.9. The maximum absolute atomic E-state index is 13.1. The van der Waals surface area contributed by atoms with Crippen molar-refractivity contribution in [2.24, 2.45) is 40.6 Å². The van der Waals surface area contributed by atoms with E-state index in [0.29, 0.717) is 16.9 Å². The van der Waals surface area contributed by atoms with Crippen molar-refractivity contribution in [3.8, 4) is 5.69 Å². The molecule has 1 aromatic carbocycles. The predicted molar refractivity (Wildman–Crippen MR) is 114 cm³/mol. The third-order valence-corrected chi connectivity index (χ3v) is 7.84. The fourth-order valence-electron chi connectivity index (χ4n) is 6.10. The molecule has 2 saturated carbocycles. The van der Waals surface area contributed by atoms with Crippen LogP contribution in [-0.4, -0.2) is 27.6 Å². The van der Waals surface area contributed by atoms with Crippen LogP contribution in [-0.2, 0) is 9.59 Å². The molecule has 2 aromatic rings. The lowest BCUT2D eigenvalue weighted by Gasteiger charge is -2.37. The van der Waals surface area contributed by atoms with Crippen LogP contribution < -0.4 is 0 Å². The first-order valence-electron chi connectivity index (χ1n) is 10.5. The molecule has 1 saturated heterocycles. The molecule has 2 amide bonds. The molecule has 30 heavy (non-hydrogen) atoms. The Morgan fingerprint density at radius 1 is 1.03 bits per heavy atom. The second-order valence-corrected chi connectivity index (χ2v) is 9.41. The van der Waals surface area contributed by atoms with E-state index in [0.717, 1.165) is 34.1 Å². The Hall–Kier alpha value is -2.66. The number of hydrogen-bond acceptors (Lipinski definition) is 3. The van der Waals surface area contributed by atoms with Crippen LogP contribution in [0.2, 0.25) is 5.02 Å². The van der Waals surface area contributed by atoms with Crippen LogP contribution >= 0.6 is 11.6 Å². The van der Waals surface area contributed by atoms with Crippen LogP contribution in [0.15, 0.2) is 47.6 Å². The molecule has 0 N–H and O–H groups in total. The topological polar surface area (TPSA) is 54.7 Å². The summed E-state index contributed by atoms with van der Waals surface area (Å²) >= 11 is 6.39. The average molecular weight is 420 g/mol. The molecular formula is C24H22ClN3O2. The van der Waals surface area contributed by atoms with Crippen molar-refractivity contribution in [1.29, 1.82) is 0 Å². The minimum atomic E-state index is -0.219. The Bertz CT molecular complexity index is 1130. The Kier molecular flexibility index (Phi) is 3.73. The summed E-state index contributed by atoms with van der Waals surface area (Å²) in [5.74, 6) is 0.913. The van der Waals surface area contributed by atoms with Gasteiger partial charge in [-0.05, 0) is 62.1 Å². The number of carbonyl (C=O) groups excluding carboxylic acids is 2. The SMILES string of the molecule is Cc1cc(/C=N\N2C(=O)[C@@H]3[C@H]4C=C[C@@H]([C@@H]5C[C@H]45)[C@@H]3C2=O)c(C)n1-c1ccccc1Cl. The van der Waals surface area contributed by atoms with Crippen molar-refractivity contribution in [3.05, 3.63) is 64.5 Å². The number of carbonyl (C=O) groups is 2. The van der Waals surface area contributed by atoms with Gasteiger partial charge in [-0.1, -0.05) is 35.9 Å². The van der Waals surface area contributed by atoms with E-state index in [9.17, 15) is 9.59 Å². The fourth-order valence-corrected chi connectivity index (χ4v) is 6.32. The molecule has 2 bridgehead atoms. The molecule has 5 nitrogen and oxygen atoms in total. The van der Waals surface area contributed by atoms with Crippen molar-refractivity contribution in [3.63, 3.8) is 0 Å². The van der Waals surface area contributed by atoms with Gasteiger partial charge in [0.05, 0.1) is 28.8 Å². The van der Waals surface area contributed by atoms with Gasteiger partial charge in [0.15, 0.2) is 0 Å². The molecular weight excluding hydrogens is 398 g/mol. The predicted octanol–water partition coefficient (Wildman–Crippen LogP) is 4.13. The van der Waals surface area contributed by atoms with Crippen molar-refractivity contribution in [1.82, 2.24) is 9.58 Å². The second kappa shape index (κ2) is 6.17. The van der Waals surface area contributed by atoms with E-state index in [1.54, 1.807) is 6.21 Å². The molecule has 6 atom stereocenters. The monoisotopic (exact) mass is 419 g/mol. The fraction of sp³-hybridized carbons (Fsp3) is 0.375. The lowest BCUT2D eigenvalue weighted by Crippen LogP contribution is -2.40. The molecule has 152 valence electrons. The average Bonchev–Trinajstić information content (AvgIpc) is 3.46. The Balaban J connectivity index is 1.32. The lowest BCUT2D eigenvalue weighted by molar-refractivity contribution is -0.140. The van der Waals surface area contributed by atoms with Crippen LogP contribution in [0.3, 0.4) is 0 Å². The largest absolute Gasteiger partial charge is 0.316 e. The van der Waals surface area contributed by atoms with Crippen molar-refractivity contribution in [2.45, 2.75) is 20.3 Å². The highest BCUT2D eigenvalue weighted by Crippen LogP contribution is 2.65. The van der Waals surface area contributed by atoms with Crippen LogP contribution in [0.5, 0.6) is 0 Å². The summed E-state index contributed by atoms with van der Waals surface area (Å²) in [4.78, 5) is 26.2. The number of nitrogens with zero attached hydrogens (tertiary/aromatic N) is 3. The number of allylic oxidation sites excluding steroid dienone is 2. The zero-order valence-electron chi connectivity index (χ0n) is 16.8. The molecule has 0 radical (unpaired) electrons. The smallest absolute Gasteiger partial charge is 0.254 e. The van der Waals surface area contributed by atoms with E-state index in [-0.39, 0.29) is 35.5 Å². The first kappa shape index (κ1) is 18.1. The molecule has 0 spiro atoms. The third-order valence-electron chi connectivity index (χ3n) is 7.52. The molecule has 0 unspecified atom stereocenters. The zero-order valence-corrected chi connectivity index (χ0v) is 17.6. The Morgan fingerprint density at radius 2 is 1.67 bits per heavy atom. The number of imide groups is 1.